The summed E-state index contributed by atoms with van der Waals surface area (Å²) >= 11 is 6.08. The van der Waals surface area contributed by atoms with Gasteiger partial charge in [-0.05, 0) is 76.2 Å². The summed E-state index contributed by atoms with van der Waals surface area (Å²) in [4.78, 5) is 2.59. The Bertz CT molecular complexity index is 460. The molecule has 0 amide bonds. The highest BCUT2D eigenvalue weighted by molar-refractivity contribution is 6.30. The van der Waals surface area contributed by atoms with E-state index in [1.54, 1.807) is 0 Å². The van der Waals surface area contributed by atoms with E-state index in [1.807, 2.05) is 6.07 Å². The highest BCUT2D eigenvalue weighted by atomic mass is 35.5. The maximum atomic E-state index is 6.08. The molecule has 1 aliphatic heterocycles. The topological polar surface area (TPSA) is 15.3 Å². The second-order valence-electron chi connectivity index (χ2n) is 6.99. The summed E-state index contributed by atoms with van der Waals surface area (Å²) in [6.45, 7) is 7.10. The van der Waals surface area contributed by atoms with E-state index in [2.05, 4.69) is 42.3 Å². The van der Waals surface area contributed by atoms with Gasteiger partial charge in [0.15, 0.2) is 0 Å². The molecule has 1 aromatic rings. The number of benzene rings is 1. The van der Waals surface area contributed by atoms with Crippen LogP contribution >= 0.6 is 11.6 Å². The maximum absolute atomic E-state index is 6.08. The Labute approximate surface area is 133 Å². The van der Waals surface area contributed by atoms with Crippen LogP contribution < -0.4 is 5.32 Å². The molecule has 0 bridgehead atoms. The Morgan fingerprint density at radius 1 is 1.14 bits per heavy atom. The summed E-state index contributed by atoms with van der Waals surface area (Å²) in [5.74, 6) is 0.706. The van der Waals surface area contributed by atoms with E-state index in [0.717, 1.165) is 11.1 Å². The standard InChI is InChI=1S/C18H27ClN2/c1-13(2)21-8-6-17(7-9-21)20-18-11-15(12-18)14-4-3-5-16(19)10-14/h3-5,10,13,15,17-18,20H,6-9,11-12H2,1-2H3. The van der Waals surface area contributed by atoms with Crippen molar-refractivity contribution in [1.82, 2.24) is 10.2 Å². The van der Waals surface area contributed by atoms with E-state index < -0.39 is 0 Å². The number of hydrogen-bond acceptors (Lipinski definition) is 2. The van der Waals surface area contributed by atoms with Crippen LogP contribution in [0, 0.1) is 0 Å². The Morgan fingerprint density at radius 2 is 1.86 bits per heavy atom. The largest absolute Gasteiger partial charge is 0.311 e. The van der Waals surface area contributed by atoms with Gasteiger partial charge in [0.2, 0.25) is 0 Å². The summed E-state index contributed by atoms with van der Waals surface area (Å²) in [6.07, 6.45) is 5.14. The molecule has 1 heterocycles. The minimum atomic E-state index is 0.696. The van der Waals surface area contributed by atoms with Gasteiger partial charge >= 0.3 is 0 Å². The molecule has 2 aliphatic rings. The Morgan fingerprint density at radius 3 is 2.48 bits per heavy atom. The number of hydrogen-bond donors (Lipinski definition) is 1. The predicted octanol–water partition coefficient (Wildman–Crippen LogP) is 4.05. The Kier molecular flexibility index (Phi) is 4.88. The number of rotatable bonds is 4. The van der Waals surface area contributed by atoms with Crippen molar-refractivity contribution in [3.05, 3.63) is 34.9 Å². The summed E-state index contributed by atoms with van der Waals surface area (Å²) in [5, 5.41) is 4.74. The number of likely N-dealkylation sites (tertiary alicyclic amines) is 1. The fourth-order valence-electron chi connectivity index (χ4n) is 3.70. The Balaban J connectivity index is 1.41. The molecule has 0 radical (unpaired) electrons. The van der Waals surface area contributed by atoms with Gasteiger partial charge in [-0.2, -0.15) is 0 Å². The predicted molar refractivity (Wildman–Crippen MR) is 90.1 cm³/mol. The van der Waals surface area contributed by atoms with Crippen LogP contribution in [0.4, 0.5) is 0 Å². The molecule has 1 aromatic carbocycles. The highest BCUT2D eigenvalue weighted by Gasteiger charge is 2.32. The van der Waals surface area contributed by atoms with E-state index in [0.29, 0.717) is 18.0 Å². The van der Waals surface area contributed by atoms with Crippen molar-refractivity contribution in [1.29, 1.82) is 0 Å². The second kappa shape index (κ2) is 6.68. The van der Waals surface area contributed by atoms with Gasteiger partial charge in [-0.15, -0.1) is 0 Å². The van der Waals surface area contributed by atoms with Crippen molar-refractivity contribution in [3.63, 3.8) is 0 Å². The van der Waals surface area contributed by atoms with Crippen molar-refractivity contribution in [3.8, 4) is 0 Å². The van der Waals surface area contributed by atoms with Crippen LogP contribution in [0.25, 0.3) is 0 Å². The zero-order valence-electron chi connectivity index (χ0n) is 13.2. The summed E-state index contributed by atoms with van der Waals surface area (Å²) in [6, 6.07) is 10.5. The first-order valence-electron chi connectivity index (χ1n) is 8.37. The number of nitrogens with zero attached hydrogens (tertiary/aromatic N) is 1. The average molecular weight is 307 g/mol. The quantitative estimate of drug-likeness (QED) is 0.903. The van der Waals surface area contributed by atoms with Crippen LogP contribution in [-0.2, 0) is 0 Å². The van der Waals surface area contributed by atoms with Gasteiger partial charge in [0.25, 0.3) is 0 Å². The van der Waals surface area contributed by atoms with Crippen molar-refractivity contribution in [2.75, 3.05) is 13.1 Å². The lowest BCUT2D eigenvalue weighted by Crippen LogP contribution is -2.50. The van der Waals surface area contributed by atoms with Crippen LogP contribution in [0.5, 0.6) is 0 Å². The molecule has 1 N–H and O–H groups in total. The average Bonchev–Trinajstić information content (AvgIpc) is 2.43. The third kappa shape index (κ3) is 3.80. The van der Waals surface area contributed by atoms with Crippen LogP contribution in [0.2, 0.25) is 5.02 Å². The van der Waals surface area contributed by atoms with Gasteiger partial charge in [0.05, 0.1) is 0 Å². The van der Waals surface area contributed by atoms with Crippen molar-refractivity contribution in [2.24, 2.45) is 0 Å². The number of nitrogens with one attached hydrogen (secondary N) is 1. The smallest absolute Gasteiger partial charge is 0.0408 e. The third-order valence-corrected chi connectivity index (χ3v) is 5.42. The summed E-state index contributed by atoms with van der Waals surface area (Å²) in [7, 11) is 0. The fourth-order valence-corrected chi connectivity index (χ4v) is 3.90. The number of halogens is 1. The first-order chi connectivity index (χ1) is 10.1. The lowest BCUT2D eigenvalue weighted by Gasteiger charge is -2.42. The van der Waals surface area contributed by atoms with E-state index in [-0.39, 0.29) is 0 Å². The molecule has 0 aromatic heterocycles. The van der Waals surface area contributed by atoms with Gasteiger partial charge in [-0.25, -0.2) is 0 Å². The molecule has 1 saturated heterocycles. The molecule has 2 fully saturated rings. The minimum Gasteiger partial charge on any atom is -0.311 e. The fraction of sp³-hybridized carbons (Fsp3) is 0.667. The van der Waals surface area contributed by atoms with E-state index >= 15 is 0 Å². The monoisotopic (exact) mass is 306 g/mol. The molecule has 3 heteroatoms. The molecular formula is C18H27ClN2. The first-order valence-corrected chi connectivity index (χ1v) is 8.75. The van der Waals surface area contributed by atoms with Crippen LogP contribution in [0.3, 0.4) is 0 Å². The maximum Gasteiger partial charge on any atom is 0.0408 e. The van der Waals surface area contributed by atoms with Gasteiger partial charge in [0, 0.05) is 23.1 Å². The molecule has 21 heavy (non-hydrogen) atoms. The first kappa shape index (κ1) is 15.3. The number of piperidine rings is 1. The van der Waals surface area contributed by atoms with Gasteiger partial charge in [-0.1, -0.05) is 23.7 Å². The molecule has 2 nitrogen and oxygen atoms in total. The molecule has 116 valence electrons. The van der Waals surface area contributed by atoms with Crippen molar-refractivity contribution >= 4 is 11.6 Å². The third-order valence-electron chi connectivity index (χ3n) is 5.19. The summed E-state index contributed by atoms with van der Waals surface area (Å²) in [5.41, 5.74) is 1.41. The molecule has 0 atom stereocenters. The lowest BCUT2D eigenvalue weighted by atomic mass is 9.75. The molecule has 1 aliphatic carbocycles. The van der Waals surface area contributed by atoms with Gasteiger partial charge < -0.3 is 10.2 Å². The van der Waals surface area contributed by atoms with Gasteiger partial charge in [-0.3, -0.25) is 0 Å². The lowest BCUT2D eigenvalue weighted by molar-refractivity contribution is 0.144. The zero-order valence-corrected chi connectivity index (χ0v) is 13.9. The van der Waals surface area contributed by atoms with Crippen LogP contribution in [0.15, 0.2) is 24.3 Å². The zero-order chi connectivity index (χ0) is 14.8. The van der Waals surface area contributed by atoms with E-state index in [9.17, 15) is 0 Å². The normalized spacial score (nSPS) is 27.8. The minimum absolute atomic E-state index is 0.696. The van der Waals surface area contributed by atoms with Crippen LogP contribution in [0.1, 0.15) is 51.0 Å². The van der Waals surface area contributed by atoms with Gasteiger partial charge in [0.1, 0.15) is 0 Å². The molecule has 3 rings (SSSR count). The van der Waals surface area contributed by atoms with E-state index in [1.165, 1.54) is 44.3 Å². The molecule has 1 saturated carbocycles. The molecule has 0 unspecified atom stereocenters. The highest BCUT2D eigenvalue weighted by Crippen LogP contribution is 2.38. The van der Waals surface area contributed by atoms with Crippen molar-refractivity contribution in [2.45, 2.75) is 63.6 Å². The second-order valence-corrected chi connectivity index (χ2v) is 7.43. The molecule has 0 spiro atoms. The van der Waals surface area contributed by atoms with Crippen LogP contribution in [-0.4, -0.2) is 36.1 Å². The summed E-state index contributed by atoms with van der Waals surface area (Å²) < 4.78 is 0. The van der Waals surface area contributed by atoms with Crippen molar-refractivity contribution < 1.29 is 0 Å². The molecular weight excluding hydrogens is 280 g/mol. The Hall–Kier alpha value is -0.570. The van der Waals surface area contributed by atoms with E-state index in [4.69, 9.17) is 11.6 Å². The SMILES string of the molecule is CC(C)N1CCC(NC2CC(c3cccc(Cl)c3)C2)CC1.